The first-order valence-electron chi connectivity index (χ1n) is 7.95. The molecule has 2 nitrogen and oxygen atoms in total. The molecule has 1 aliphatic rings. The Morgan fingerprint density at radius 3 is 2.28 bits per heavy atom. The molecule has 2 aromatic carbocycles. The summed E-state index contributed by atoms with van der Waals surface area (Å²) in [4.78, 5) is 12.2. The fourth-order valence-electron chi connectivity index (χ4n) is 3.10. The molecule has 0 heterocycles. The summed E-state index contributed by atoms with van der Waals surface area (Å²) in [6.45, 7) is 0. The van der Waals surface area contributed by atoms with Gasteiger partial charge in [0.1, 0.15) is 5.60 Å². The Balaban J connectivity index is 1.75. The molecule has 1 N–H and O–H groups in total. The molecule has 2 aromatic rings. The second-order valence-electron chi connectivity index (χ2n) is 6.32. The van der Waals surface area contributed by atoms with E-state index in [1.54, 1.807) is 0 Å². The zero-order chi connectivity index (χ0) is 18.1. The van der Waals surface area contributed by atoms with Crippen molar-refractivity contribution in [2.45, 2.75) is 30.5 Å². The molecule has 2 atom stereocenters. The summed E-state index contributed by atoms with van der Waals surface area (Å²) >= 11 is 0. The number of carbonyl (C=O) groups is 1. The third-order valence-corrected chi connectivity index (χ3v) is 4.53. The first-order chi connectivity index (χ1) is 11.8. The van der Waals surface area contributed by atoms with Gasteiger partial charge in [0.05, 0.1) is 5.56 Å². The fourth-order valence-corrected chi connectivity index (χ4v) is 3.10. The van der Waals surface area contributed by atoms with E-state index >= 15 is 0 Å². The summed E-state index contributed by atoms with van der Waals surface area (Å²) in [5.41, 5.74) is -0.819. The van der Waals surface area contributed by atoms with Crippen molar-refractivity contribution in [3.63, 3.8) is 0 Å². The van der Waals surface area contributed by atoms with Crippen molar-refractivity contribution in [3.05, 3.63) is 77.4 Å². The molecule has 3 rings (SSSR count). The highest BCUT2D eigenvalue weighted by Crippen LogP contribution is 2.39. The molecule has 0 saturated heterocycles. The molecule has 5 heteroatoms. The molecule has 0 spiro atoms. The maximum absolute atomic E-state index is 12.6. The molecule has 0 radical (unpaired) electrons. The van der Waals surface area contributed by atoms with Crippen LogP contribution in [0.25, 0.3) is 6.08 Å². The quantitative estimate of drug-likeness (QED) is 0.882. The van der Waals surface area contributed by atoms with Crippen LogP contribution in [0.3, 0.4) is 0 Å². The van der Waals surface area contributed by atoms with Gasteiger partial charge in [0.25, 0.3) is 0 Å². The standard InChI is InChI=1S/C20H17F3O2/c21-20(22,23)17-8-6-14(7-9-17)10-11-19(25)13-16(12-18(19)24)15-4-2-1-3-5-15/h1-11,16,25H,12-13H2/b11-10+/t16-,19-/m0/s1. The summed E-state index contributed by atoms with van der Waals surface area (Å²) in [6.07, 6.45) is -0.984. The maximum Gasteiger partial charge on any atom is 0.416 e. The normalized spacial score (nSPS) is 24.2. The minimum absolute atomic E-state index is 0.0593. The van der Waals surface area contributed by atoms with Crippen LogP contribution in [0.1, 0.15) is 35.4 Å². The van der Waals surface area contributed by atoms with E-state index in [1.807, 2.05) is 30.3 Å². The van der Waals surface area contributed by atoms with Crippen LogP contribution in [0, 0.1) is 0 Å². The first kappa shape index (κ1) is 17.4. The van der Waals surface area contributed by atoms with Gasteiger partial charge in [-0.1, -0.05) is 48.5 Å². The average Bonchev–Trinajstić information content (AvgIpc) is 2.89. The van der Waals surface area contributed by atoms with Gasteiger partial charge < -0.3 is 5.11 Å². The number of ketones is 1. The molecule has 1 aliphatic carbocycles. The molecular formula is C20H17F3O2. The number of benzene rings is 2. The number of Topliss-reactive ketones (excluding diaryl/α,β-unsaturated/α-hetero) is 1. The number of hydrogen-bond donors (Lipinski definition) is 1. The Morgan fingerprint density at radius 2 is 1.68 bits per heavy atom. The van der Waals surface area contributed by atoms with Crippen LogP contribution in [-0.4, -0.2) is 16.5 Å². The largest absolute Gasteiger partial charge is 0.416 e. The Kier molecular flexibility index (Phi) is 4.52. The lowest BCUT2D eigenvalue weighted by atomic mass is 9.94. The average molecular weight is 346 g/mol. The fraction of sp³-hybridized carbons (Fsp3) is 0.250. The van der Waals surface area contributed by atoms with Crippen molar-refractivity contribution >= 4 is 11.9 Å². The second-order valence-corrected chi connectivity index (χ2v) is 6.32. The van der Waals surface area contributed by atoms with Crippen LogP contribution in [0.5, 0.6) is 0 Å². The topological polar surface area (TPSA) is 37.3 Å². The molecule has 130 valence electrons. The Bertz CT molecular complexity index is 779. The molecule has 0 amide bonds. The lowest BCUT2D eigenvalue weighted by Gasteiger charge is -2.17. The molecular weight excluding hydrogens is 329 g/mol. The van der Waals surface area contributed by atoms with Gasteiger partial charge in [-0.2, -0.15) is 13.2 Å². The van der Waals surface area contributed by atoms with E-state index in [1.165, 1.54) is 24.3 Å². The van der Waals surface area contributed by atoms with Gasteiger partial charge in [-0.05, 0) is 41.7 Å². The number of alkyl halides is 3. The van der Waals surface area contributed by atoms with Crippen LogP contribution >= 0.6 is 0 Å². The van der Waals surface area contributed by atoms with E-state index in [9.17, 15) is 23.1 Å². The van der Waals surface area contributed by atoms with Crippen molar-refractivity contribution in [1.29, 1.82) is 0 Å². The maximum atomic E-state index is 12.6. The van der Waals surface area contributed by atoms with Crippen molar-refractivity contribution in [2.24, 2.45) is 0 Å². The van der Waals surface area contributed by atoms with Gasteiger partial charge in [-0.25, -0.2) is 0 Å². The van der Waals surface area contributed by atoms with Crippen molar-refractivity contribution in [3.8, 4) is 0 Å². The molecule has 0 unspecified atom stereocenters. The number of halogens is 3. The van der Waals surface area contributed by atoms with E-state index in [-0.39, 0.29) is 24.5 Å². The molecule has 1 saturated carbocycles. The molecule has 0 aliphatic heterocycles. The van der Waals surface area contributed by atoms with Gasteiger partial charge in [0.2, 0.25) is 0 Å². The van der Waals surface area contributed by atoms with Gasteiger partial charge in [0.15, 0.2) is 5.78 Å². The van der Waals surface area contributed by atoms with Crippen LogP contribution in [-0.2, 0) is 11.0 Å². The number of aliphatic hydroxyl groups is 1. The number of hydrogen-bond acceptors (Lipinski definition) is 2. The van der Waals surface area contributed by atoms with Gasteiger partial charge in [-0.15, -0.1) is 0 Å². The lowest BCUT2D eigenvalue weighted by Crippen LogP contribution is -2.30. The SMILES string of the molecule is O=C1C[C@H](c2ccccc2)C[C@@]1(O)/C=C/c1ccc(C(F)(F)F)cc1. The van der Waals surface area contributed by atoms with E-state index in [2.05, 4.69) is 0 Å². The van der Waals surface area contributed by atoms with E-state index in [0.29, 0.717) is 5.56 Å². The van der Waals surface area contributed by atoms with Crippen LogP contribution in [0.4, 0.5) is 13.2 Å². The second kappa shape index (κ2) is 6.48. The van der Waals surface area contributed by atoms with Crippen LogP contribution in [0.15, 0.2) is 60.7 Å². The molecule has 1 fully saturated rings. The summed E-state index contributed by atoms with van der Waals surface area (Å²) in [6, 6.07) is 14.1. The number of rotatable bonds is 3. The Morgan fingerprint density at radius 1 is 1.04 bits per heavy atom. The van der Waals surface area contributed by atoms with Gasteiger partial charge in [0, 0.05) is 6.42 Å². The monoisotopic (exact) mass is 346 g/mol. The highest BCUT2D eigenvalue weighted by Gasteiger charge is 2.43. The van der Waals surface area contributed by atoms with Gasteiger partial charge in [-0.3, -0.25) is 4.79 Å². The molecule has 0 aromatic heterocycles. The van der Waals surface area contributed by atoms with Crippen molar-refractivity contribution in [2.75, 3.05) is 0 Å². The first-order valence-corrected chi connectivity index (χ1v) is 7.95. The van der Waals surface area contributed by atoms with E-state index < -0.39 is 17.3 Å². The Hall–Kier alpha value is -2.40. The highest BCUT2D eigenvalue weighted by atomic mass is 19.4. The minimum Gasteiger partial charge on any atom is -0.378 e. The van der Waals surface area contributed by atoms with Crippen molar-refractivity contribution in [1.82, 2.24) is 0 Å². The zero-order valence-corrected chi connectivity index (χ0v) is 13.3. The third-order valence-electron chi connectivity index (χ3n) is 4.53. The zero-order valence-electron chi connectivity index (χ0n) is 13.3. The smallest absolute Gasteiger partial charge is 0.378 e. The number of carbonyl (C=O) groups excluding carboxylic acids is 1. The predicted molar refractivity (Wildman–Crippen MR) is 88.9 cm³/mol. The Labute approximate surface area is 143 Å². The minimum atomic E-state index is -4.38. The van der Waals surface area contributed by atoms with E-state index in [0.717, 1.165) is 17.7 Å². The molecule has 25 heavy (non-hydrogen) atoms. The third kappa shape index (κ3) is 3.82. The summed E-state index contributed by atoms with van der Waals surface area (Å²) in [7, 11) is 0. The summed E-state index contributed by atoms with van der Waals surface area (Å²) in [5, 5.41) is 10.6. The van der Waals surface area contributed by atoms with Crippen LogP contribution in [0.2, 0.25) is 0 Å². The molecule has 0 bridgehead atoms. The van der Waals surface area contributed by atoms with Crippen LogP contribution < -0.4 is 0 Å². The summed E-state index contributed by atoms with van der Waals surface area (Å²) < 4.78 is 37.7. The van der Waals surface area contributed by atoms with Crippen molar-refractivity contribution < 1.29 is 23.1 Å². The van der Waals surface area contributed by atoms with E-state index in [4.69, 9.17) is 0 Å². The predicted octanol–water partition coefficient (Wildman–Crippen LogP) is 4.60. The lowest BCUT2D eigenvalue weighted by molar-refractivity contribution is -0.137. The summed E-state index contributed by atoms with van der Waals surface area (Å²) in [5.74, 6) is -0.333. The van der Waals surface area contributed by atoms with Gasteiger partial charge >= 0.3 is 6.18 Å². The highest BCUT2D eigenvalue weighted by molar-refractivity contribution is 5.93.